The van der Waals surface area contributed by atoms with Crippen LogP contribution in [0.25, 0.3) is 10.2 Å². The fraction of sp³-hybridized carbons (Fsp3) is 0.294. The molecule has 1 N–H and O–H groups in total. The lowest BCUT2D eigenvalue weighted by molar-refractivity contribution is 0.310. The molecular formula is C17H20N4OS. The molecule has 0 radical (unpaired) electrons. The van der Waals surface area contributed by atoms with Crippen LogP contribution in [0.3, 0.4) is 0 Å². The molecule has 0 fully saturated rings. The van der Waals surface area contributed by atoms with E-state index in [0.29, 0.717) is 0 Å². The van der Waals surface area contributed by atoms with Crippen LogP contribution in [0.15, 0.2) is 42.0 Å². The summed E-state index contributed by atoms with van der Waals surface area (Å²) < 4.78 is 5.34. The molecule has 23 heavy (non-hydrogen) atoms. The first-order chi connectivity index (χ1) is 11.2. The minimum atomic E-state index is 0.216. The zero-order valence-electron chi connectivity index (χ0n) is 13.5. The summed E-state index contributed by atoms with van der Waals surface area (Å²) in [5.41, 5.74) is 1.21. The van der Waals surface area contributed by atoms with E-state index in [4.69, 9.17) is 4.74 Å². The Bertz CT molecular complexity index is 787. The molecule has 0 aliphatic heterocycles. The Morgan fingerprint density at radius 1 is 1.26 bits per heavy atom. The van der Waals surface area contributed by atoms with Gasteiger partial charge in [-0.3, -0.25) is 0 Å². The molecule has 2 aromatic heterocycles. The van der Waals surface area contributed by atoms with E-state index in [1.165, 1.54) is 5.56 Å². The highest BCUT2D eigenvalue weighted by Gasteiger charge is 2.15. The van der Waals surface area contributed by atoms with Crippen molar-refractivity contribution in [2.45, 2.75) is 6.04 Å². The molecule has 6 heteroatoms. The molecule has 3 aromatic rings. The fourth-order valence-corrected chi connectivity index (χ4v) is 3.30. The highest BCUT2D eigenvalue weighted by molar-refractivity contribution is 7.16. The number of hydrogen-bond acceptors (Lipinski definition) is 6. The minimum Gasteiger partial charge on any atom is -0.497 e. The Hall–Kier alpha value is -2.18. The van der Waals surface area contributed by atoms with E-state index in [9.17, 15) is 0 Å². The molecule has 0 amide bonds. The summed E-state index contributed by atoms with van der Waals surface area (Å²) >= 11 is 1.63. The molecule has 0 bridgehead atoms. The quantitative estimate of drug-likeness (QED) is 0.751. The Morgan fingerprint density at radius 3 is 2.91 bits per heavy atom. The number of benzene rings is 1. The van der Waals surface area contributed by atoms with Gasteiger partial charge in [0.15, 0.2) is 0 Å². The summed E-state index contributed by atoms with van der Waals surface area (Å²) in [6, 6.07) is 10.4. The van der Waals surface area contributed by atoms with Crippen LogP contribution in [0, 0.1) is 0 Å². The van der Waals surface area contributed by atoms with Gasteiger partial charge >= 0.3 is 0 Å². The average molecular weight is 328 g/mol. The van der Waals surface area contributed by atoms with Gasteiger partial charge < -0.3 is 15.0 Å². The summed E-state index contributed by atoms with van der Waals surface area (Å²) in [7, 11) is 5.84. The van der Waals surface area contributed by atoms with Gasteiger partial charge in [-0.05, 0) is 43.2 Å². The minimum absolute atomic E-state index is 0.216. The van der Waals surface area contributed by atoms with Crippen LogP contribution in [0.5, 0.6) is 5.75 Å². The number of hydrogen-bond donors (Lipinski definition) is 1. The van der Waals surface area contributed by atoms with Crippen LogP contribution >= 0.6 is 11.3 Å². The third-order valence-corrected chi connectivity index (χ3v) is 4.65. The van der Waals surface area contributed by atoms with E-state index in [1.54, 1.807) is 24.8 Å². The second-order valence-electron chi connectivity index (χ2n) is 5.50. The molecule has 0 saturated heterocycles. The Labute approximate surface area is 139 Å². The zero-order chi connectivity index (χ0) is 16.2. The van der Waals surface area contributed by atoms with Gasteiger partial charge in [0.1, 0.15) is 22.7 Å². The highest BCUT2D eigenvalue weighted by Crippen LogP contribution is 2.26. The van der Waals surface area contributed by atoms with E-state index in [2.05, 4.69) is 52.5 Å². The average Bonchev–Trinajstić information content (AvgIpc) is 3.04. The number of ether oxygens (including phenoxy) is 1. The van der Waals surface area contributed by atoms with E-state index in [0.717, 1.165) is 28.3 Å². The van der Waals surface area contributed by atoms with Crippen molar-refractivity contribution < 1.29 is 4.74 Å². The van der Waals surface area contributed by atoms with Crippen LogP contribution in [0.4, 0.5) is 5.82 Å². The molecule has 3 rings (SSSR count). The SMILES string of the molecule is COc1cccc(C(CNc2ncnc3sccc23)N(C)C)c1. The Balaban J connectivity index is 1.81. The first kappa shape index (κ1) is 15.7. The van der Waals surface area contributed by atoms with E-state index >= 15 is 0 Å². The fourth-order valence-electron chi connectivity index (χ4n) is 2.57. The molecule has 1 atom stereocenters. The van der Waals surface area contributed by atoms with Gasteiger partial charge in [-0.25, -0.2) is 9.97 Å². The maximum absolute atomic E-state index is 5.34. The van der Waals surface area contributed by atoms with Crippen LogP contribution in [0.1, 0.15) is 11.6 Å². The Kier molecular flexibility index (Phi) is 4.73. The normalized spacial score (nSPS) is 12.5. The maximum Gasteiger partial charge on any atom is 0.138 e. The summed E-state index contributed by atoms with van der Waals surface area (Å²) in [6.07, 6.45) is 1.61. The van der Waals surface area contributed by atoms with Crippen LogP contribution in [-0.2, 0) is 0 Å². The second kappa shape index (κ2) is 6.93. The third-order valence-electron chi connectivity index (χ3n) is 3.83. The number of nitrogens with zero attached hydrogens (tertiary/aromatic N) is 3. The zero-order valence-corrected chi connectivity index (χ0v) is 14.3. The van der Waals surface area contributed by atoms with Crippen LogP contribution in [0.2, 0.25) is 0 Å². The Morgan fingerprint density at radius 2 is 2.13 bits per heavy atom. The predicted molar refractivity (Wildman–Crippen MR) is 95.3 cm³/mol. The number of methoxy groups -OCH3 is 1. The molecule has 1 unspecified atom stereocenters. The number of thiophene rings is 1. The maximum atomic E-state index is 5.34. The molecule has 0 spiro atoms. The predicted octanol–water partition coefficient (Wildman–Crippen LogP) is 3.41. The molecule has 5 nitrogen and oxygen atoms in total. The molecule has 0 saturated carbocycles. The standard InChI is InChI=1S/C17H20N4OS/c1-21(2)15(12-5-4-6-13(9-12)22-3)10-18-16-14-7-8-23-17(14)20-11-19-16/h4-9,11,15H,10H2,1-3H3,(H,18,19,20). The topological polar surface area (TPSA) is 50.3 Å². The lowest BCUT2D eigenvalue weighted by Gasteiger charge is -2.25. The number of aromatic nitrogens is 2. The van der Waals surface area contributed by atoms with Gasteiger partial charge in [-0.15, -0.1) is 11.3 Å². The summed E-state index contributed by atoms with van der Waals surface area (Å²) in [5, 5.41) is 6.57. The van der Waals surface area contributed by atoms with E-state index < -0.39 is 0 Å². The largest absolute Gasteiger partial charge is 0.497 e. The summed E-state index contributed by atoms with van der Waals surface area (Å²) in [6.45, 7) is 0.752. The van der Waals surface area contributed by atoms with Gasteiger partial charge in [0.2, 0.25) is 0 Å². The highest BCUT2D eigenvalue weighted by atomic mass is 32.1. The number of nitrogens with one attached hydrogen (secondary N) is 1. The van der Waals surface area contributed by atoms with Crippen molar-refractivity contribution in [1.29, 1.82) is 0 Å². The van der Waals surface area contributed by atoms with Gasteiger partial charge in [-0.1, -0.05) is 12.1 Å². The van der Waals surface area contributed by atoms with Crippen molar-refractivity contribution in [2.75, 3.05) is 33.1 Å². The first-order valence-corrected chi connectivity index (χ1v) is 8.29. The van der Waals surface area contributed by atoms with Crippen molar-refractivity contribution >= 4 is 27.4 Å². The van der Waals surface area contributed by atoms with E-state index in [1.807, 2.05) is 17.5 Å². The number of likely N-dealkylation sites (N-methyl/N-ethyl adjacent to an activating group) is 1. The first-order valence-electron chi connectivity index (χ1n) is 7.41. The van der Waals surface area contributed by atoms with Gasteiger partial charge in [0.05, 0.1) is 18.5 Å². The summed E-state index contributed by atoms with van der Waals surface area (Å²) in [4.78, 5) is 11.9. The molecule has 0 aliphatic rings. The van der Waals surface area contributed by atoms with Crippen molar-refractivity contribution in [3.8, 4) is 5.75 Å². The number of fused-ring (bicyclic) bond motifs is 1. The molecule has 1 aromatic carbocycles. The lowest BCUT2D eigenvalue weighted by atomic mass is 10.1. The van der Waals surface area contributed by atoms with Crippen molar-refractivity contribution in [3.05, 3.63) is 47.6 Å². The monoisotopic (exact) mass is 328 g/mol. The van der Waals surface area contributed by atoms with Gasteiger partial charge in [0, 0.05) is 6.54 Å². The van der Waals surface area contributed by atoms with Crippen molar-refractivity contribution in [3.63, 3.8) is 0 Å². The van der Waals surface area contributed by atoms with Crippen LogP contribution < -0.4 is 10.1 Å². The summed E-state index contributed by atoms with van der Waals surface area (Å²) in [5.74, 6) is 1.75. The molecule has 120 valence electrons. The van der Waals surface area contributed by atoms with Crippen molar-refractivity contribution in [1.82, 2.24) is 14.9 Å². The van der Waals surface area contributed by atoms with Gasteiger partial charge in [-0.2, -0.15) is 0 Å². The van der Waals surface area contributed by atoms with Crippen molar-refractivity contribution in [2.24, 2.45) is 0 Å². The third kappa shape index (κ3) is 3.43. The smallest absolute Gasteiger partial charge is 0.138 e. The molecule has 2 heterocycles. The lowest BCUT2D eigenvalue weighted by Crippen LogP contribution is -2.27. The van der Waals surface area contributed by atoms with Gasteiger partial charge in [0.25, 0.3) is 0 Å². The van der Waals surface area contributed by atoms with E-state index in [-0.39, 0.29) is 6.04 Å². The number of rotatable bonds is 6. The molecular weight excluding hydrogens is 308 g/mol. The second-order valence-corrected chi connectivity index (χ2v) is 6.39. The number of anilines is 1. The molecule has 0 aliphatic carbocycles. The van der Waals surface area contributed by atoms with Crippen LogP contribution in [-0.4, -0.2) is 42.6 Å².